The molecular weight excluding hydrogens is 307 g/mol. The van der Waals surface area contributed by atoms with E-state index in [-0.39, 0.29) is 5.82 Å². The number of nitrogens with zero attached hydrogens (tertiary/aromatic N) is 5. The summed E-state index contributed by atoms with van der Waals surface area (Å²) in [6, 6.07) is 6.47. The van der Waals surface area contributed by atoms with Crippen molar-refractivity contribution in [3.8, 4) is 0 Å². The lowest BCUT2D eigenvalue weighted by Gasteiger charge is -2.17. The minimum absolute atomic E-state index is 0.230. The Hall–Kier alpha value is -2.70. The second-order valence-electron chi connectivity index (χ2n) is 6.05. The first-order valence-electron chi connectivity index (χ1n) is 8.14. The van der Waals surface area contributed by atoms with E-state index in [0.29, 0.717) is 6.54 Å². The van der Waals surface area contributed by atoms with Crippen molar-refractivity contribution < 1.29 is 4.39 Å². The van der Waals surface area contributed by atoms with Gasteiger partial charge in [0.2, 0.25) is 5.95 Å². The smallest absolute Gasteiger partial charge is 0.229 e. The number of benzene rings is 1. The van der Waals surface area contributed by atoms with Crippen LogP contribution in [0, 0.1) is 5.82 Å². The molecule has 0 spiro atoms. The van der Waals surface area contributed by atoms with Gasteiger partial charge in [0.25, 0.3) is 0 Å². The van der Waals surface area contributed by atoms with Gasteiger partial charge in [-0.2, -0.15) is 15.1 Å². The third kappa shape index (κ3) is 2.77. The van der Waals surface area contributed by atoms with Gasteiger partial charge in [-0.15, -0.1) is 0 Å². The number of hydrogen-bond donors (Lipinski definition) is 1. The second-order valence-corrected chi connectivity index (χ2v) is 6.05. The van der Waals surface area contributed by atoms with Crippen LogP contribution in [0.4, 0.5) is 16.2 Å². The number of aryl methyl sites for hydroxylation is 1. The first-order valence-corrected chi connectivity index (χ1v) is 8.14. The van der Waals surface area contributed by atoms with Crippen molar-refractivity contribution in [3.05, 3.63) is 41.8 Å². The predicted octanol–water partition coefficient (Wildman–Crippen LogP) is 2.71. The largest absolute Gasteiger partial charge is 0.365 e. The Morgan fingerprint density at radius 2 is 1.88 bits per heavy atom. The second kappa shape index (κ2) is 6.07. The monoisotopic (exact) mass is 326 g/mol. The molecule has 1 N–H and O–H groups in total. The van der Waals surface area contributed by atoms with Gasteiger partial charge in [-0.3, -0.25) is 4.68 Å². The minimum atomic E-state index is -0.230. The predicted molar refractivity (Wildman–Crippen MR) is 91.5 cm³/mol. The molecule has 0 unspecified atom stereocenters. The average Bonchev–Trinajstić information content (AvgIpc) is 3.25. The van der Waals surface area contributed by atoms with Crippen LogP contribution in [0.3, 0.4) is 0 Å². The third-order valence-electron chi connectivity index (χ3n) is 4.34. The van der Waals surface area contributed by atoms with Crippen molar-refractivity contribution in [1.29, 1.82) is 0 Å². The number of fused-ring (bicyclic) bond motifs is 1. The Morgan fingerprint density at radius 3 is 2.62 bits per heavy atom. The Balaban J connectivity index is 1.66. The molecule has 0 amide bonds. The first kappa shape index (κ1) is 14.9. The Bertz CT molecular complexity index is 851. The summed E-state index contributed by atoms with van der Waals surface area (Å²) >= 11 is 0. The van der Waals surface area contributed by atoms with Crippen LogP contribution in [-0.2, 0) is 13.6 Å². The Kier molecular flexibility index (Phi) is 3.76. The van der Waals surface area contributed by atoms with E-state index in [1.807, 2.05) is 7.05 Å². The molecule has 4 rings (SSSR count). The van der Waals surface area contributed by atoms with Crippen LogP contribution in [0.5, 0.6) is 0 Å². The highest BCUT2D eigenvalue weighted by molar-refractivity contribution is 5.87. The highest BCUT2D eigenvalue weighted by atomic mass is 19.1. The van der Waals surface area contributed by atoms with Crippen molar-refractivity contribution in [1.82, 2.24) is 19.7 Å². The highest BCUT2D eigenvalue weighted by Crippen LogP contribution is 2.25. The zero-order chi connectivity index (χ0) is 16.5. The van der Waals surface area contributed by atoms with E-state index in [1.165, 1.54) is 25.0 Å². The summed E-state index contributed by atoms with van der Waals surface area (Å²) in [6.07, 6.45) is 4.12. The SMILES string of the molecule is Cn1ncc2c(NCc3ccc(F)cc3)nc(N3CCCC3)nc21. The zero-order valence-electron chi connectivity index (χ0n) is 13.5. The molecule has 1 aliphatic rings. The van der Waals surface area contributed by atoms with Gasteiger partial charge in [0, 0.05) is 26.7 Å². The molecule has 1 aromatic carbocycles. The number of nitrogens with one attached hydrogen (secondary N) is 1. The van der Waals surface area contributed by atoms with Crippen LogP contribution in [-0.4, -0.2) is 32.8 Å². The van der Waals surface area contributed by atoms with Crippen LogP contribution in [0.2, 0.25) is 0 Å². The standard InChI is InChI=1S/C17H19FN6/c1-23-16-14(11-20-23)15(19-10-12-4-6-13(18)7-5-12)21-17(22-16)24-8-2-3-9-24/h4-7,11H,2-3,8-10H2,1H3,(H,19,21,22). The van der Waals surface area contributed by atoms with E-state index >= 15 is 0 Å². The van der Waals surface area contributed by atoms with Gasteiger partial charge < -0.3 is 10.2 Å². The summed E-state index contributed by atoms with van der Waals surface area (Å²) in [5, 5.41) is 8.54. The first-order chi connectivity index (χ1) is 11.7. The van der Waals surface area contributed by atoms with E-state index in [9.17, 15) is 4.39 Å². The maximum atomic E-state index is 13.0. The van der Waals surface area contributed by atoms with Gasteiger partial charge in [-0.1, -0.05) is 12.1 Å². The molecule has 3 heterocycles. The molecule has 2 aromatic heterocycles. The molecule has 6 nitrogen and oxygen atoms in total. The Labute approximate surface area is 139 Å². The molecule has 1 aliphatic heterocycles. The van der Waals surface area contributed by atoms with Crippen molar-refractivity contribution in [2.45, 2.75) is 19.4 Å². The average molecular weight is 326 g/mol. The lowest BCUT2D eigenvalue weighted by Crippen LogP contribution is -2.21. The maximum absolute atomic E-state index is 13.0. The van der Waals surface area contributed by atoms with Crippen molar-refractivity contribution in [3.63, 3.8) is 0 Å². The quantitative estimate of drug-likeness (QED) is 0.799. The molecule has 0 atom stereocenters. The Morgan fingerprint density at radius 1 is 1.12 bits per heavy atom. The molecule has 0 bridgehead atoms. The van der Waals surface area contributed by atoms with E-state index in [2.05, 4.69) is 20.3 Å². The highest BCUT2D eigenvalue weighted by Gasteiger charge is 2.18. The number of hydrogen-bond acceptors (Lipinski definition) is 5. The summed E-state index contributed by atoms with van der Waals surface area (Å²) in [4.78, 5) is 11.6. The van der Waals surface area contributed by atoms with E-state index < -0.39 is 0 Å². The van der Waals surface area contributed by atoms with Crippen LogP contribution < -0.4 is 10.2 Å². The van der Waals surface area contributed by atoms with Crippen molar-refractivity contribution >= 4 is 22.8 Å². The van der Waals surface area contributed by atoms with Crippen LogP contribution in [0.15, 0.2) is 30.5 Å². The normalized spacial score (nSPS) is 14.5. The fourth-order valence-electron chi connectivity index (χ4n) is 2.99. The van der Waals surface area contributed by atoms with Crippen molar-refractivity contribution in [2.75, 3.05) is 23.3 Å². The molecule has 0 radical (unpaired) electrons. The van der Waals surface area contributed by atoms with Gasteiger partial charge in [0.05, 0.1) is 11.6 Å². The van der Waals surface area contributed by atoms with Gasteiger partial charge in [-0.25, -0.2) is 4.39 Å². The van der Waals surface area contributed by atoms with Crippen LogP contribution in [0.1, 0.15) is 18.4 Å². The summed E-state index contributed by atoms with van der Waals surface area (Å²) < 4.78 is 14.8. The molecule has 3 aromatic rings. The van der Waals surface area contributed by atoms with Crippen LogP contribution >= 0.6 is 0 Å². The van der Waals surface area contributed by atoms with E-state index in [1.54, 1.807) is 23.0 Å². The number of halogens is 1. The van der Waals surface area contributed by atoms with Crippen LogP contribution in [0.25, 0.3) is 11.0 Å². The van der Waals surface area contributed by atoms with Gasteiger partial charge in [-0.05, 0) is 30.5 Å². The van der Waals surface area contributed by atoms with E-state index in [0.717, 1.165) is 41.5 Å². The minimum Gasteiger partial charge on any atom is -0.365 e. The van der Waals surface area contributed by atoms with E-state index in [4.69, 9.17) is 4.98 Å². The third-order valence-corrected chi connectivity index (χ3v) is 4.34. The van der Waals surface area contributed by atoms with Crippen molar-refractivity contribution in [2.24, 2.45) is 7.05 Å². The summed E-state index contributed by atoms with van der Waals surface area (Å²) in [6.45, 7) is 2.54. The molecule has 0 aliphatic carbocycles. The molecule has 1 fully saturated rings. The molecule has 7 heteroatoms. The van der Waals surface area contributed by atoms with Gasteiger partial charge in [0.1, 0.15) is 11.6 Å². The van der Waals surface area contributed by atoms with Gasteiger partial charge in [0.15, 0.2) is 5.65 Å². The topological polar surface area (TPSA) is 58.9 Å². The summed E-state index contributed by atoms with van der Waals surface area (Å²) in [5.74, 6) is 1.27. The fourth-order valence-corrected chi connectivity index (χ4v) is 2.99. The summed E-state index contributed by atoms with van der Waals surface area (Å²) in [5.41, 5.74) is 1.81. The number of rotatable bonds is 4. The lowest BCUT2D eigenvalue weighted by atomic mass is 10.2. The number of aromatic nitrogens is 4. The number of anilines is 2. The maximum Gasteiger partial charge on any atom is 0.229 e. The molecule has 0 saturated carbocycles. The summed E-state index contributed by atoms with van der Waals surface area (Å²) in [7, 11) is 1.88. The van der Waals surface area contributed by atoms with Gasteiger partial charge >= 0.3 is 0 Å². The fraction of sp³-hybridized carbons (Fsp3) is 0.353. The molecule has 24 heavy (non-hydrogen) atoms. The molecule has 124 valence electrons. The molecular formula is C17H19FN6. The zero-order valence-corrected chi connectivity index (χ0v) is 13.5. The lowest BCUT2D eigenvalue weighted by molar-refractivity contribution is 0.627. The molecule has 1 saturated heterocycles.